The van der Waals surface area contributed by atoms with Crippen LogP contribution in [-0.2, 0) is 4.79 Å². The molecule has 2 atom stereocenters. The lowest BCUT2D eigenvalue weighted by molar-refractivity contribution is -0.132. The molecule has 6 heteroatoms. The van der Waals surface area contributed by atoms with Crippen molar-refractivity contribution in [3.8, 4) is 0 Å². The van der Waals surface area contributed by atoms with Crippen LogP contribution in [0, 0.1) is 11.7 Å². The Labute approximate surface area is 159 Å². The first kappa shape index (κ1) is 18.4. The van der Waals surface area contributed by atoms with E-state index in [1.165, 1.54) is 25.0 Å². The van der Waals surface area contributed by atoms with Crippen LogP contribution in [0.2, 0.25) is 0 Å². The number of benzene rings is 1. The molecule has 1 aromatic rings. The molecular weight excluding hydrogens is 345 g/mol. The highest BCUT2D eigenvalue weighted by atomic mass is 19.1. The second-order valence-electron chi connectivity index (χ2n) is 8.22. The molecule has 0 spiro atoms. The first-order valence-corrected chi connectivity index (χ1v) is 10.2. The van der Waals surface area contributed by atoms with E-state index in [1.807, 2.05) is 4.90 Å². The van der Waals surface area contributed by atoms with E-state index in [-0.39, 0.29) is 11.8 Å². The van der Waals surface area contributed by atoms with Gasteiger partial charge in [0.2, 0.25) is 5.91 Å². The quantitative estimate of drug-likeness (QED) is 0.885. The minimum absolute atomic E-state index is 0.154. The fraction of sp³-hybridized carbons (Fsp3) is 0.619. The van der Waals surface area contributed by atoms with E-state index >= 15 is 0 Å². The van der Waals surface area contributed by atoms with Crippen LogP contribution in [0.15, 0.2) is 24.3 Å². The third-order valence-corrected chi connectivity index (χ3v) is 6.24. The van der Waals surface area contributed by atoms with Gasteiger partial charge in [0.15, 0.2) is 0 Å². The van der Waals surface area contributed by atoms with Gasteiger partial charge in [-0.25, -0.2) is 4.39 Å². The zero-order chi connectivity index (χ0) is 18.8. The van der Waals surface area contributed by atoms with Crippen molar-refractivity contribution in [2.45, 2.75) is 50.6 Å². The van der Waals surface area contributed by atoms with Gasteiger partial charge in [0, 0.05) is 50.2 Å². The van der Waals surface area contributed by atoms with Gasteiger partial charge >= 0.3 is 0 Å². The molecular formula is C21H28FN3O2. The number of carbonyl (C=O) groups is 2. The molecule has 1 aromatic carbocycles. The Morgan fingerprint density at radius 1 is 1.04 bits per heavy atom. The number of fused-ring (bicyclic) bond motifs is 2. The van der Waals surface area contributed by atoms with Crippen molar-refractivity contribution >= 4 is 11.8 Å². The summed E-state index contributed by atoms with van der Waals surface area (Å²) in [7, 11) is 0. The summed E-state index contributed by atoms with van der Waals surface area (Å²) in [5.74, 6) is 0.160. The van der Waals surface area contributed by atoms with Crippen molar-refractivity contribution in [2.24, 2.45) is 5.92 Å². The van der Waals surface area contributed by atoms with Crippen LogP contribution in [0.1, 0.15) is 48.9 Å². The van der Waals surface area contributed by atoms with Crippen molar-refractivity contribution in [1.29, 1.82) is 0 Å². The van der Waals surface area contributed by atoms with Crippen LogP contribution < -0.4 is 5.32 Å². The molecule has 1 N–H and O–H groups in total. The molecule has 146 valence electrons. The third kappa shape index (κ3) is 4.32. The van der Waals surface area contributed by atoms with E-state index in [9.17, 15) is 14.0 Å². The number of hydrogen-bond acceptors (Lipinski definition) is 3. The Balaban J connectivity index is 1.31. The fourth-order valence-corrected chi connectivity index (χ4v) is 4.89. The number of nitrogens with zero attached hydrogens (tertiary/aromatic N) is 2. The van der Waals surface area contributed by atoms with Crippen molar-refractivity contribution in [3.63, 3.8) is 0 Å². The highest BCUT2D eigenvalue weighted by molar-refractivity contribution is 5.94. The van der Waals surface area contributed by atoms with E-state index < -0.39 is 5.82 Å². The maximum atomic E-state index is 13.4. The Morgan fingerprint density at radius 3 is 2.48 bits per heavy atom. The predicted octanol–water partition coefficient (Wildman–Crippen LogP) is 2.42. The molecule has 5 nitrogen and oxygen atoms in total. The predicted molar refractivity (Wildman–Crippen MR) is 101 cm³/mol. The summed E-state index contributed by atoms with van der Waals surface area (Å²) in [5, 5.41) is 3.63. The van der Waals surface area contributed by atoms with Crippen molar-refractivity contribution < 1.29 is 14.0 Å². The monoisotopic (exact) mass is 373 g/mol. The number of amides is 2. The summed E-state index contributed by atoms with van der Waals surface area (Å²) < 4.78 is 13.4. The van der Waals surface area contributed by atoms with Crippen molar-refractivity contribution in [1.82, 2.24) is 15.1 Å². The molecule has 4 rings (SSSR count). The summed E-state index contributed by atoms with van der Waals surface area (Å²) in [6.45, 7) is 2.39. The van der Waals surface area contributed by atoms with Crippen LogP contribution in [0.5, 0.6) is 0 Å². The Kier molecular flexibility index (Phi) is 5.43. The lowest BCUT2D eigenvalue weighted by atomic mass is 9.89. The van der Waals surface area contributed by atoms with Crippen LogP contribution in [0.4, 0.5) is 4.39 Å². The molecule has 0 radical (unpaired) electrons. The summed E-state index contributed by atoms with van der Waals surface area (Å²) in [5.41, 5.74) is 0.375. The summed E-state index contributed by atoms with van der Waals surface area (Å²) in [6, 6.07) is 7.02. The molecule has 0 saturated carbocycles. The molecule has 2 amide bonds. The first-order valence-electron chi connectivity index (χ1n) is 10.2. The summed E-state index contributed by atoms with van der Waals surface area (Å²) in [4.78, 5) is 29.1. The van der Waals surface area contributed by atoms with Gasteiger partial charge in [-0.05, 0) is 56.2 Å². The van der Waals surface area contributed by atoms with Crippen LogP contribution in [-0.4, -0.2) is 59.9 Å². The number of rotatable bonds is 3. The Bertz CT molecular complexity index is 698. The van der Waals surface area contributed by atoms with Gasteiger partial charge in [0.1, 0.15) is 5.82 Å². The average Bonchev–Trinajstić information content (AvgIpc) is 2.86. The van der Waals surface area contributed by atoms with E-state index in [0.29, 0.717) is 56.2 Å². The minimum atomic E-state index is -0.400. The number of halogens is 1. The van der Waals surface area contributed by atoms with Gasteiger partial charge in [-0.3, -0.25) is 9.59 Å². The fourth-order valence-electron chi connectivity index (χ4n) is 4.89. The van der Waals surface area contributed by atoms with Crippen LogP contribution in [0.3, 0.4) is 0 Å². The maximum absolute atomic E-state index is 13.4. The van der Waals surface area contributed by atoms with Gasteiger partial charge in [0.25, 0.3) is 5.91 Å². The van der Waals surface area contributed by atoms with E-state index in [2.05, 4.69) is 5.32 Å². The van der Waals surface area contributed by atoms with Crippen LogP contribution in [0.25, 0.3) is 0 Å². The largest absolute Gasteiger partial charge is 0.341 e. The molecule has 2 bridgehead atoms. The number of hydrogen-bond donors (Lipinski definition) is 1. The SMILES string of the molecule is O=C(CC1CC2CCC(C1)N2)N1CCCN(C(=O)c2cccc(F)c2)CC1. The van der Waals surface area contributed by atoms with Gasteiger partial charge < -0.3 is 15.1 Å². The summed E-state index contributed by atoms with van der Waals surface area (Å²) in [6.07, 6.45) is 6.11. The second kappa shape index (κ2) is 7.97. The van der Waals surface area contributed by atoms with Gasteiger partial charge in [-0.1, -0.05) is 6.07 Å². The number of piperidine rings is 1. The average molecular weight is 373 g/mol. The normalized spacial score (nSPS) is 28.1. The molecule has 0 aromatic heterocycles. The molecule has 3 aliphatic heterocycles. The highest BCUT2D eigenvalue weighted by Gasteiger charge is 2.35. The molecule has 2 unspecified atom stereocenters. The molecule has 3 aliphatic rings. The molecule has 3 fully saturated rings. The Morgan fingerprint density at radius 2 is 1.74 bits per heavy atom. The van der Waals surface area contributed by atoms with E-state index in [4.69, 9.17) is 0 Å². The lowest BCUT2D eigenvalue weighted by Crippen LogP contribution is -2.41. The third-order valence-electron chi connectivity index (χ3n) is 6.24. The second-order valence-corrected chi connectivity index (χ2v) is 8.22. The van der Waals surface area contributed by atoms with Crippen molar-refractivity contribution in [3.05, 3.63) is 35.6 Å². The van der Waals surface area contributed by atoms with Gasteiger partial charge in [-0.15, -0.1) is 0 Å². The highest BCUT2D eigenvalue weighted by Crippen LogP contribution is 2.33. The first-order chi connectivity index (χ1) is 13.1. The smallest absolute Gasteiger partial charge is 0.254 e. The number of carbonyl (C=O) groups excluding carboxylic acids is 2. The number of nitrogens with one attached hydrogen (secondary N) is 1. The molecule has 3 heterocycles. The van der Waals surface area contributed by atoms with Crippen molar-refractivity contribution in [2.75, 3.05) is 26.2 Å². The van der Waals surface area contributed by atoms with Gasteiger partial charge in [-0.2, -0.15) is 0 Å². The van der Waals surface area contributed by atoms with Crippen LogP contribution >= 0.6 is 0 Å². The maximum Gasteiger partial charge on any atom is 0.254 e. The summed E-state index contributed by atoms with van der Waals surface area (Å²) >= 11 is 0. The van der Waals surface area contributed by atoms with E-state index in [0.717, 1.165) is 19.3 Å². The van der Waals surface area contributed by atoms with E-state index in [1.54, 1.807) is 17.0 Å². The Hall–Kier alpha value is -1.95. The molecule has 0 aliphatic carbocycles. The zero-order valence-electron chi connectivity index (χ0n) is 15.7. The molecule has 27 heavy (non-hydrogen) atoms. The minimum Gasteiger partial charge on any atom is -0.341 e. The van der Waals surface area contributed by atoms with Gasteiger partial charge in [0.05, 0.1) is 0 Å². The molecule has 3 saturated heterocycles. The lowest BCUT2D eigenvalue weighted by Gasteiger charge is -2.30. The zero-order valence-corrected chi connectivity index (χ0v) is 15.7. The topological polar surface area (TPSA) is 52.7 Å². The standard InChI is InChI=1S/C21H28FN3O2/c22-17-4-1-3-16(14-17)21(27)25-8-2-7-24(9-10-25)20(26)13-15-11-18-5-6-19(12-15)23-18/h1,3-4,14-15,18-19,23H,2,5-13H2.